The second-order valence-corrected chi connectivity index (χ2v) is 6.68. The van der Waals surface area contributed by atoms with E-state index in [1.165, 1.54) is 17.8 Å². The fourth-order valence-electron chi connectivity index (χ4n) is 2.43. The fourth-order valence-corrected chi connectivity index (χ4v) is 3.23. The molecule has 1 saturated carbocycles. The van der Waals surface area contributed by atoms with E-state index >= 15 is 0 Å². The van der Waals surface area contributed by atoms with E-state index in [0.717, 1.165) is 17.7 Å². The van der Waals surface area contributed by atoms with Gasteiger partial charge in [-0.05, 0) is 45.5 Å². The predicted molar refractivity (Wildman–Crippen MR) is 85.5 cm³/mol. The lowest BCUT2D eigenvalue weighted by atomic mass is 9.75. The van der Waals surface area contributed by atoms with Gasteiger partial charge >= 0.3 is 0 Å². The van der Waals surface area contributed by atoms with Crippen molar-refractivity contribution in [2.75, 3.05) is 27.2 Å². The van der Waals surface area contributed by atoms with Crippen LogP contribution in [0.5, 0.6) is 0 Å². The lowest BCUT2D eigenvalue weighted by Crippen LogP contribution is -2.57. The molecular weight excluding hydrogens is 284 g/mol. The van der Waals surface area contributed by atoms with E-state index in [1.807, 2.05) is 12.1 Å². The standard InChI is InChI=1S/C16H22N2O2S/c1-18(2)16(9-5-10-16)12-17-15(20)14-8-7-13(21-14)6-3-4-11-19/h7-8,19H,4-5,9-12H2,1-2H3,(H,17,20). The molecule has 1 fully saturated rings. The summed E-state index contributed by atoms with van der Waals surface area (Å²) < 4.78 is 0. The summed E-state index contributed by atoms with van der Waals surface area (Å²) in [6.45, 7) is 0.764. The Kier molecular flexibility index (Phi) is 5.40. The molecule has 2 N–H and O–H groups in total. The van der Waals surface area contributed by atoms with Gasteiger partial charge in [-0.25, -0.2) is 0 Å². The lowest BCUT2D eigenvalue weighted by Gasteiger charge is -2.47. The van der Waals surface area contributed by atoms with Crippen LogP contribution in [0.25, 0.3) is 0 Å². The number of carbonyl (C=O) groups is 1. The highest BCUT2D eigenvalue weighted by Crippen LogP contribution is 2.35. The maximum absolute atomic E-state index is 12.2. The topological polar surface area (TPSA) is 52.6 Å². The van der Waals surface area contributed by atoms with E-state index in [9.17, 15) is 4.79 Å². The molecule has 0 aromatic carbocycles. The molecule has 1 amide bonds. The Labute approximate surface area is 130 Å². The molecule has 2 rings (SSSR count). The van der Waals surface area contributed by atoms with Crippen molar-refractivity contribution in [1.29, 1.82) is 0 Å². The first-order valence-corrected chi connectivity index (χ1v) is 8.04. The highest BCUT2D eigenvalue weighted by atomic mass is 32.1. The Balaban J connectivity index is 1.91. The molecule has 0 saturated heterocycles. The first-order chi connectivity index (χ1) is 10.1. The van der Waals surface area contributed by atoms with E-state index in [0.29, 0.717) is 17.8 Å². The van der Waals surface area contributed by atoms with Crippen LogP contribution >= 0.6 is 11.3 Å². The summed E-state index contributed by atoms with van der Waals surface area (Å²) in [6, 6.07) is 3.67. The van der Waals surface area contributed by atoms with E-state index in [-0.39, 0.29) is 18.1 Å². The minimum absolute atomic E-state index is 0.0247. The number of nitrogens with one attached hydrogen (secondary N) is 1. The van der Waals surface area contributed by atoms with Crippen LogP contribution in [-0.2, 0) is 0 Å². The van der Waals surface area contributed by atoms with Crippen LogP contribution in [0.3, 0.4) is 0 Å². The van der Waals surface area contributed by atoms with Crippen LogP contribution in [0.2, 0.25) is 0 Å². The van der Waals surface area contributed by atoms with Crippen molar-refractivity contribution < 1.29 is 9.90 Å². The molecule has 0 spiro atoms. The Morgan fingerprint density at radius 2 is 2.24 bits per heavy atom. The number of hydrogen-bond donors (Lipinski definition) is 2. The molecule has 1 aromatic heterocycles. The zero-order chi connectivity index (χ0) is 15.3. The van der Waals surface area contributed by atoms with Crippen molar-refractivity contribution in [3.05, 3.63) is 21.9 Å². The van der Waals surface area contributed by atoms with Crippen molar-refractivity contribution >= 4 is 17.2 Å². The van der Waals surface area contributed by atoms with E-state index < -0.39 is 0 Å². The van der Waals surface area contributed by atoms with Gasteiger partial charge in [0.2, 0.25) is 0 Å². The number of aliphatic hydroxyl groups is 1. The van der Waals surface area contributed by atoms with Gasteiger partial charge in [0.05, 0.1) is 16.4 Å². The number of aliphatic hydroxyl groups excluding tert-OH is 1. The van der Waals surface area contributed by atoms with Crippen molar-refractivity contribution in [3.8, 4) is 11.8 Å². The number of hydrogen-bond acceptors (Lipinski definition) is 4. The summed E-state index contributed by atoms with van der Waals surface area (Å²) in [5.74, 6) is 5.79. The van der Waals surface area contributed by atoms with Gasteiger partial charge in [0.25, 0.3) is 5.91 Å². The highest BCUT2D eigenvalue weighted by molar-refractivity contribution is 7.14. The zero-order valence-electron chi connectivity index (χ0n) is 12.6. The maximum atomic E-state index is 12.2. The summed E-state index contributed by atoms with van der Waals surface area (Å²) in [7, 11) is 4.15. The van der Waals surface area contributed by atoms with Gasteiger partial charge in [-0.15, -0.1) is 11.3 Å². The first kappa shape index (κ1) is 16.0. The van der Waals surface area contributed by atoms with Gasteiger partial charge < -0.3 is 15.3 Å². The Bertz CT molecular complexity index is 550. The van der Waals surface area contributed by atoms with Gasteiger partial charge in [-0.1, -0.05) is 11.8 Å². The summed E-state index contributed by atoms with van der Waals surface area (Å²) >= 11 is 1.40. The Hall–Kier alpha value is -1.35. The summed E-state index contributed by atoms with van der Waals surface area (Å²) in [5, 5.41) is 11.7. The SMILES string of the molecule is CN(C)C1(CNC(=O)c2ccc(C#CCCO)s2)CCC1. The molecule has 1 heterocycles. The van der Waals surface area contributed by atoms with E-state index in [4.69, 9.17) is 5.11 Å². The quantitative estimate of drug-likeness (QED) is 0.814. The van der Waals surface area contributed by atoms with Gasteiger partial charge in [0.15, 0.2) is 0 Å². The zero-order valence-corrected chi connectivity index (χ0v) is 13.4. The summed E-state index contributed by atoms with van der Waals surface area (Å²) in [4.78, 5) is 16.0. The normalized spacial score (nSPS) is 16.0. The average molecular weight is 306 g/mol. The van der Waals surface area contributed by atoms with Crippen molar-refractivity contribution in [1.82, 2.24) is 10.2 Å². The average Bonchev–Trinajstić information content (AvgIpc) is 2.86. The molecule has 1 aliphatic rings. The second-order valence-electron chi connectivity index (χ2n) is 5.59. The number of likely N-dealkylation sites (N-methyl/N-ethyl adjacent to an activating group) is 1. The van der Waals surface area contributed by atoms with Crippen LogP contribution in [0.15, 0.2) is 12.1 Å². The molecule has 0 bridgehead atoms. The predicted octanol–water partition coefficient (Wildman–Crippen LogP) is 1.70. The molecule has 5 heteroatoms. The second kappa shape index (κ2) is 7.08. The van der Waals surface area contributed by atoms with E-state index in [1.54, 1.807) is 0 Å². The Morgan fingerprint density at radius 1 is 1.48 bits per heavy atom. The van der Waals surface area contributed by atoms with Crippen LogP contribution in [-0.4, -0.2) is 48.7 Å². The molecule has 1 aromatic rings. The van der Waals surface area contributed by atoms with Crippen molar-refractivity contribution in [2.45, 2.75) is 31.2 Å². The Morgan fingerprint density at radius 3 is 2.81 bits per heavy atom. The third kappa shape index (κ3) is 3.85. The van der Waals surface area contributed by atoms with E-state index in [2.05, 4.69) is 36.2 Å². The molecule has 1 aliphatic carbocycles. The smallest absolute Gasteiger partial charge is 0.261 e. The molecule has 0 aliphatic heterocycles. The number of thiophene rings is 1. The van der Waals surface area contributed by atoms with Gasteiger partial charge in [-0.3, -0.25) is 4.79 Å². The third-order valence-electron chi connectivity index (χ3n) is 4.09. The summed E-state index contributed by atoms with van der Waals surface area (Å²) in [6.07, 6.45) is 3.98. The van der Waals surface area contributed by atoms with Crippen LogP contribution in [0.4, 0.5) is 0 Å². The van der Waals surface area contributed by atoms with Crippen LogP contribution in [0, 0.1) is 11.8 Å². The minimum atomic E-state index is -0.0247. The minimum Gasteiger partial charge on any atom is -0.395 e. The summed E-state index contributed by atoms with van der Waals surface area (Å²) in [5.41, 5.74) is 0.136. The first-order valence-electron chi connectivity index (χ1n) is 7.23. The van der Waals surface area contributed by atoms with Gasteiger partial charge in [0.1, 0.15) is 0 Å². The molecule has 4 nitrogen and oxygen atoms in total. The monoisotopic (exact) mass is 306 g/mol. The number of carbonyl (C=O) groups excluding carboxylic acids is 1. The highest BCUT2D eigenvalue weighted by Gasteiger charge is 2.39. The molecule has 0 atom stereocenters. The van der Waals surface area contributed by atoms with Gasteiger partial charge in [0, 0.05) is 18.5 Å². The van der Waals surface area contributed by atoms with Gasteiger partial charge in [-0.2, -0.15) is 0 Å². The molecular formula is C16H22N2O2S. The lowest BCUT2D eigenvalue weighted by molar-refractivity contribution is 0.0559. The molecule has 21 heavy (non-hydrogen) atoms. The fraction of sp³-hybridized carbons (Fsp3) is 0.562. The number of rotatable bonds is 5. The molecule has 0 radical (unpaired) electrons. The number of amides is 1. The van der Waals surface area contributed by atoms with Crippen LogP contribution < -0.4 is 5.32 Å². The van der Waals surface area contributed by atoms with Crippen molar-refractivity contribution in [2.24, 2.45) is 0 Å². The molecule has 0 unspecified atom stereocenters. The van der Waals surface area contributed by atoms with Crippen molar-refractivity contribution in [3.63, 3.8) is 0 Å². The van der Waals surface area contributed by atoms with Crippen LogP contribution in [0.1, 0.15) is 40.2 Å². The third-order valence-corrected chi connectivity index (χ3v) is 5.09. The molecule has 114 valence electrons. The number of nitrogens with zero attached hydrogens (tertiary/aromatic N) is 1. The largest absolute Gasteiger partial charge is 0.395 e. The maximum Gasteiger partial charge on any atom is 0.261 e.